The van der Waals surface area contributed by atoms with Crippen LogP contribution in [0.4, 0.5) is 10.5 Å². The number of nitrogens with one attached hydrogen (secondary N) is 1. The van der Waals surface area contributed by atoms with Crippen LogP contribution < -0.4 is 11.1 Å². The third-order valence-electron chi connectivity index (χ3n) is 12.8. The van der Waals surface area contributed by atoms with E-state index in [1.165, 1.54) is 6.92 Å². The quantitative estimate of drug-likeness (QED) is 0.0893. The van der Waals surface area contributed by atoms with Crippen LogP contribution in [0.3, 0.4) is 0 Å². The maximum absolute atomic E-state index is 14.4. The van der Waals surface area contributed by atoms with Crippen molar-refractivity contribution in [1.82, 2.24) is 30.1 Å². The van der Waals surface area contributed by atoms with Crippen LogP contribution in [0.1, 0.15) is 80.6 Å². The number of methoxy groups -OCH3 is 1. The van der Waals surface area contributed by atoms with Gasteiger partial charge < -0.3 is 44.7 Å². The Morgan fingerprint density at radius 1 is 1.13 bits per heavy atom. The third-order valence-corrected chi connectivity index (χ3v) is 12.8. The number of hydrogen-bond donors (Lipinski definition) is 3. The number of nitrogens with zero attached hydrogens (tertiary/aromatic N) is 5. The van der Waals surface area contributed by atoms with Gasteiger partial charge in [-0.25, -0.2) is 4.79 Å². The molecule has 1 aromatic carbocycles. The van der Waals surface area contributed by atoms with Crippen LogP contribution in [0.15, 0.2) is 43.1 Å². The molecule has 3 aliphatic rings. The number of ether oxygens (including phenoxy) is 5. The van der Waals surface area contributed by atoms with E-state index in [-0.39, 0.29) is 18.1 Å². The first-order valence-corrected chi connectivity index (χ1v) is 21.4. The summed E-state index contributed by atoms with van der Waals surface area (Å²) in [5.74, 6) is -3.28. The topological polar surface area (TPSA) is 193 Å². The Morgan fingerprint density at radius 3 is 2.50 bits per heavy atom. The fourth-order valence-electron chi connectivity index (χ4n) is 9.40. The molecule has 1 amide bonds. The van der Waals surface area contributed by atoms with Crippen molar-refractivity contribution in [3.63, 3.8) is 0 Å². The van der Waals surface area contributed by atoms with Crippen molar-refractivity contribution in [1.29, 1.82) is 0 Å². The monoisotopic (exact) mass is 840 g/mol. The van der Waals surface area contributed by atoms with E-state index in [1.54, 1.807) is 36.6 Å². The van der Waals surface area contributed by atoms with Crippen molar-refractivity contribution in [3.8, 4) is 11.3 Å². The average molecular weight is 840 g/mol. The fourth-order valence-corrected chi connectivity index (χ4v) is 9.40. The zero-order valence-corrected chi connectivity index (χ0v) is 37.2. The van der Waals surface area contributed by atoms with Crippen molar-refractivity contribution in [2.45, 2.75) is 147 Å². The van der Waals surface area contributed by atoms with E-state index in [4.69, 9.17) is 29.4 Å². The Bertz CT molecular complexity index is 1790. The van der Waals surface area contributed by atoms with Crippen molar-refractivity contribution < 1.29 is 43.2 Å². The second-order valence-corrected chi connectivity index (χ2v) is 17.8. The Hall–Kier alpha value is -3.93. The van der Waals surface area contributed by atoms with Crippen LogP contribution in [-0.2, 0) is 39.8 Å². The van der Waals surface area contributed by atoms with Crippen molar-refractivity contribution in [3.05, 3.63) is 43.1 Å². The van der Waals surface area contributed by atoms with E-state index < -0.39 is 77.6 Å². The standard InChI is InChI=1S/C44H69N7O9/c1-12-32-38-44(8,60-42(55)51(38)20-15-14-19-50-25-33(47-48-50)30-17-16-18-31(45)22-30)35(13-2)58-40(54)29(6)36(52)28(5)39(43(7,56-11)23-26(3)24-46-32)59-41-37(53)34(49(9)10)21-27(4)57-41/h12,16-18,22,25-29,32,34-35,37-39,41,46,53H,1,13-15,19-21,23-24,45H2,2-11H3/t26-,27?,28+,29-,32-,34?,35-,37?,38-,39-,41+,43-,44-/m1/s1. The van der Waals surface area contributed by atoms with Gasteiger partial charge in [0.25, 0.3) is 0 Å². The number of anilines is 1. The minimum Gasteiger partial charge on any atom is -0.458 e. The number of nitrogens with two attached hydrogens (primary N) is 1. The molecule has 0 bridgehead atoms. The van der Waals surface area contributed by atoms with Crippen LogP contribution in [0.2, 0.25) is 0 Å². The van der Waals surface area contributed by atoms with E-state index >= 15 is 0 Å². The summed E-state index contributed by atoms with van der Waals surface area (Å²) in [6.45, 7) is 18.4. The Balaban J connectivity index is 1.40. The summed E-state index contributed by atoms with van der Waals surface area (Å²) < 4.78 is 33.3. The molecule has 13 atom stereocenters. The normalized spacial score (nSPS) is 36.0. The van der Waals surface area contributed by atoms with E-state index in [1.807, 2.05) is 70.2 Å². The maximum Gasteiger partial charge on any atom is 0.410 e. The number of hydrogen-bond acceptors (Lipinski definition) is 14. The number of carbonyl (C=O) groups is 3. The number of amides is 1. The summed E-state index contributed by atoms with van der Waals surface area (Å²) >= 11 is 0. The molecular formula is C44H69N7O9. The predicted octanol–water partition coefficient (Wildman–Crippen LogP) is 4.45. The SMILES string of the molecule is C=C[C@H]1NC[C@H](C)C[C@@](C)(OC)[C@H](O[C@@H]2OC(C)CC(N(C)C)C2O)[C@@H](C)C(=O)[C@@H](C)C(=O)O[C@H](CC)[C@@]2(C)OC(=O)N(CCCCn3cc(-c4cccc(N)c4)nn3)[C@H]12. The first-order valence-electron chi connectivity index (χ1n) is 21.4. The maximum atomic E-state index is 14.4. The summed E-state index contributed by atoms with van der Waals surface area (Å²) in [5, 5.41) is 23.7. The van der Waals surface area contributed by atoms with Crippen LogP contribution in [-0.4, -0.2) is 142 Å². The van der Waals surface area contributed by atoms with Gasteiger partial charge in [0.15, 0.2) is 17.7 Å². The average Bonchev–Trinajstić information content (AvgIpc) is 3.79. The molecule has 3 unspecified atom stereocenters. The lowest BCUT2D eigenvalue weighted by Gasteiger charge is -2.46. The number of benzene rings is 1. The number of ketones is 1. The van der Waals surface area contributed by atoms with Crippen LogP contribution in [0.25, 0.3) is 11.3 Å². The Labute approximate surface area is 355 Å². The summed E-state index contributed by atoms with van der Waals surface area (Å²) in [5.41, 5.74) is 5.83. The van der Waals surface area contributed by atoms with Crippen molar-refractivity contribution in [2.75, 3.05) is 40.0 Å². The second kappa shape index (κ2) is 19.8. The number of aliphatic hydroxyl groups excluding tert-OH is 1. The van der Waals surface area contributed by atoms with Crippen LogP contribution >= 0.6 is 0 Å². The molecular weight excluding hydrogens is 771 g/mol. The van der Waals surface area contributed by atoms with Crippen LogP contribution in [0, 0.1) is 17.8 Å². The molecule has 334 valence electrons. The number of carbonyl (C=O) groups excluding carboxylic acids is 3. The highest BCUT2D eigenvalue weighted by Gasteiger charge is 2.59. The van der Waals surface area contributed by atoms with Crippen molar-refractivity contribution in [2.24, 2.45) is 17.8 Å². The molecule has 0 spiro atoms. The molecule has 0 aliphatic carbocycles. The van der Waals surface area contributed by atoms with Crippen LogP contribution in [0.5, 0.6) is 0 Å². The van der Waals surface area contributed by atoms with Gasteiger partial charge in [-0.2, -0.15) is 0 Å². The van der Waals surface area contributed by atoms with Crippen molar-refractivity contribution >= 4 is 23.5 Å². The summed E-state index contributed by atoms with van der Waals surface area (Å²) in [4.78, 5) is 46.0. The van der Waals surface area contributed by atoms with Gasteiger partial charge in [-0.1, -0.05) is 44.2 Å². The number of fused-ring (bicyclic) bond motifs is 1. The predicted molar refractivity (Wildman–Crippen MR) is 226 cm³/mol. The highest BCUT2D eigenvalue weighted by atomic mass is 16.7. The molecule has 3 aliphatic heterocycles. The first kappa shape index (κ1) is 47.1. The number of cyclic esters (lactones) is 1. The van der Waals surface area contributed by atoms with E-state index in [2.05, 4.69) is 29.1 Å². The number of likely N-dealkylation sites (N-methyl/N-ethyl adjacent to an activating group) is 1. The molecule has 0 saturated carbocycles. The highest BCUT2D eigenvalue weighted by molar-refractivity contribution is 6.00. The summed E-state index contributed by atoms with van der Waals surface area (Å²) in [7, 11) is 5.37. The van der Waals surface area contributed by atoms with Gasteiger partial charge in [-0.15, -0.1) is 11.7 Å². The minimum atomic E-state index is -1.30. The largest absolute Gasteiger partial charge is 0.458 e. The molecule has 3 saturated heterocycles. The molecule has 60 heavy (non-hydrogen) atoms. The zero-order chi connectivity index (χ0) is 44.1. The number of Topliss-reactive ketones (excluding diaryl/α,β-unsaturated/α-hetero) is 1. The molecule has 2 aromatic rings. The van der Waals surface area contributed by atoms with Gasteiger partial charge in [-0.05, 0) is 98.5 Å². The van der Waals surface area contributed by atoms with Gasteiger partial charge >= 0.3 is 12.1 Å². The van der Waals surface area contributed by atoms with Gasteiger partial charge in [0.2, 0.25) is 0 Å². The summed E-state index contributed by atoms with van der Waals surface area (Å²) in [6, 6.07) is 6.14. The molecule has 3 fully saturated rings. The molecule has 1 aromatic heterocycles. The number of aliphatic hydroxyl groups is 1. The molecule has 0 radical (unpaired) electrons. The third kappa shape index (κ3) is 10.2. The number of esters is 1. The fraction of sp³-hybridized carbons (Fsp3) is 0.705. The highest BCUT2D eigenvalue weighted by Crippen LogP contribution is 2.40. The molecule has 16 nitrogen and oxygen atoms in total. The molecule has 5 rings (SSSR count). The number of aryl methyl sites for hydroxylation is 1. The first-order chi connectivity index (χ1) is 28.4. The molecule has 4 heterocycles. The van der Waals surface area contributed by atoms with Gasteiger partial charge in [0.05, 0.1) is 30.0 Å². The molecule has 4 N–H and O–H groups in total. The van der Waals surface area contributed by atoms with E-state index in [9.17, 15) is 19.5 Å². The summed E-state index contributed by atoms with van der Waals surface area (Å²) in [6.07, 6.45) is 1.69. The molecule has 16 heteroatoms. The van der Waals surface area contributed by atoms with Gasteiger partial charge in [-0.3, -0.25) is 19.2 Å². The Kier molecular flexibility index (Phi) is 15.6. The van der Waals surface area contributed by atoms with Gasteiger partial charge in [0.1, 0.15) is 23.8 Å². The number of unbranched alkanes of at least 4 members (excludes halogenated alkanes) is 1. The smallest absolute Gasteiger partial charge is 0.410 e. The van der Waals surface area contributed by atoms with E-state index in [0.717, 1.165) is 11.3 Å². The lowest BCUT2D eigenvalue weighted by atomic mass is 9.78. The second-order valence-electron chi connectivity index (χ2n) is 17.8. The zero-order valence-electron chi connectivity index (χ0n) is 37.2. The minimum absolute atomic E-state index is 0.0588. The lowest BCUT2D eigenvalue weighted by molar-refractivity contribution is -0.295. The number of nitrogen functional groups attached to an aromatic ring is 1. The number of rotatable bonds is 12. The lowest BCUT2D eigenvalue weighted by Crippen LogP contribution is -2.61. The number of aromatic nitrogens is 3. The van der Waals surface area contributed by atoms with Gasteiger partial charge in [0, 0.05) is 49.5 Å². The van der Waals surface area contributed by atoms with E-state index in [0.29, 0.717) is 57.4 Å². The Morgan fingerprint density at radius 2 is 1.85 bits per heavy atom.